The standard InChI is InChI=1S/C17H14ClN7O2S2/c1-2-14-22-23-16(29-14)20-13(27)8-28-17-21-15(9-4-3-5-10(18)6-9)19-11-7-12(26)24-25(11)17/h3-7H,2,8H2,1H3,(H,24,26)(H,20,23,27). The van der Waals surface area contributed by atoms with Gasteiger partial charge in [-0.2, -0.15) is 0 Å². The predicted molar refractivity (Wildman–Crippen MR) is 113 cm³/mol. The number of fused-ring (bicyclic) bond motifs is 1. The lowest BCUT2D eigenvalue weighted by atomic mass is 10.2. The van der Waals surface area contributed by atoms with E-state index in [1.165, 1.54) is 33.7 Å². The van der Waals surface area contributed by atoms with Crippen molar-refractivity contribution in [1.29, 1.82) is 0 Å². The number of hydrogen-bond acceptors (Lipinski definition) is 8. The van der Waals surface area contributed by atoms with Crippen molar-refractivity contribution in [3.05, 3.63) is 50.7 Å². The van der Waals surface area contributed by atoms with Gasteiger partial charge in [0.2, 0.25) is 11.0 Å². The van der Waals surface area contributed by atoms with Crippen molar-refractivity contribution in [2.45, 2.75) is 18.5 Å². The topological polar surface area (TPSA) is 118 Å². The summed E-state index contributed by atoms with van der Waals surface area (Å²) in [4.78, 5) is 33.0. The number of anilines is 1. The number of benzene rings is 1. The van der Waals surface area contributed by atoms with Crippen LogP contribution in [0.1, 0.15) is 11.9 Å². The second-order valence-corrected chi connectivity index (χ2v) is 8.29. The summed E-state index contributed by atoms with van der Waals surface area (Å²) in [5.74, 6) is 0.230. The van der Waals surface area contributed by atoms with Gasteiger partial charge in [-0.05, 0) is 18.6 Å². The summed E-state index contributed by atoms with van der Waals surface area (Å²) in [6, 6.07) is 8.47. The van der Waals surface area contributed by atoms with E-state index in [0.29, 0.717) is 32.3 Å². The Bertz CT molecular complexity index is 1250. The molecule has 0 radical (unpaired) electrons. The average molecular weight is 448 g/mol. The Morgan fingerprint density at radius 2 is 2.17 bits per heavy atom. The highest BCUT2D eigenvalue weighted by atomic mass is 35.5. The Balaban J connectivity index is 1.58. The number of halogens is 1. The van der Waals surface area contributed by atoms with Crippen LogP contribution in [0.15, 0.2) is 40.3 Å². The van der Waals surface area contributed by atoms with Gasteiger partial charge in [-0.25, -0.2) is 14.5 Å². The lowest BCUT2D eigenvalue weighted by Crippen LogP contribution is -2.15. The van der Waals surface area contributed by atoms with Crippen LogP contribution in [-0.2, 0) is 11.2 Å². The van der Waals surface area contributed by atoms with Crippen LogP contribution in [-0.4, -0.2) is 41.4 Å². The molecule has 0 aliphatic carbocycles. The first-order valence-electron chi connectivity index (χ1n) is 8.52. The summed E-state index contributed by atoms with van der Waals surface area (Å²) in [5.41, 5.74) is 0.801. The summed E-state index contributed by atoms with van der Waals surface area (Å²) < 4.78 is 1.45. The third kappa shape index (κ3) is 4.47. The van der Waals surface area contributed by atoms with Crippen molar-refractivity contribution < 1.29 is 4.79 Å². The summed E-state index contributed by atoms with van der Waals surface area (Å²) in [7, 11) is 0. The zero-order valence-electron chi connectivity index (χ0n) is 15.0. The molecule has 3 aromatic heterocycles. The molecule has 0 bridgehead atoms. The second kappa shape index (κ2) is 8.31. The van der Waals surface area contributed by atoms with E-state index in [1.54, 1.807) is 18.2 Å². The molecule has 29 heavy (non-hydrogen) atoms. The van der Waals surface area contributed by atoms with Gasteiger partial charge in [0.15, 0.2) is 16.6 Å². The molecule has 4 rings (SSSR count). The Hall–Kier alpha value is -2.76. The van der Waals surface area contributed by atoms with Crippen LogP contribution in [0.5, 0.6) is 0 Å². The van der Waals surface area contributed by atoms with Crippen LogP contribution in [0.3, 0.4) is 0 Å². The molecule has 0 aliphatic heterocycles. The molecule has 0 fully saturated rings. The van der Waals surface area contributed by atoms with E-state index in [4.69, 9.17) is 11.6 Å². The number of amides is 1. The van der Waals surface area contributed by atoms with E-state index < -0.39 is 0 Å². The molecule has 9 nitrogen and oxygen atoms in total. The number of aromatic amines is 1. The fourth-order valence-electron chi connectivity index (χ4n) is 2.47. The minimum atomic E-state index is -0.310. The number of nitrogens with zero attached hydrogens (tertiary/aromatic N) is 5. The molecule has 0 saturated carbocycles. The third-order valence-corrected chi connectivity index (χ3v) is 5.91. The quantitative estimate of drug-likeness (QED) is 0.436. The van der Waals surface area contributed by atoms with E-state index in [9.17, 15) is 9.59 Å². The van der Waals surface area contributed by atoms with Crippen LogP contribution < -0.4 is 10.9 Å². The lowest BCUT2D eigenvalue weighted by molar-refractivity contribution is -0.113. The molecule has 12 heteroatoms. The minimum Gasteiger partial charge on any atom is -0.300 e. The fourth-order valence-corrected chi connectivity index (χ4v) is 4.11. The first kappa shape index (κ1) is 19.6. The van der Waals surface area contributed by atoms with Crippen molar-refractivity contribution in [3.8, 4) is 11.4 Å². The number of rotatable bonds is 6. The van der Waals surface area contributed by atoms with Crippen LogP contribution in [0.4, 0.5) is 5.13 Å². The molecular formula is C17H14ClN7O2S2. The minimum absolute atomic E-state index is 0.0718. The SMILES string of the molecule is CCc1nnc(NC(=O)CSc2nc(-c3cccc(Cl)c3)nc3cc(=O)[nH]n23)s1. The molecule has 0 unspecified atom stereocenters. The van der Waals surface area contributed by atoms with Gasteiger partial charge in [-0.1, -0.05) is 53.8 Å². The van der Waals surface area contributed by atoms with Crippen LogP contribution in [0.2, 0.25) is 5.02 Å². The molecule has 148 valence electrons. The molecule has 0 saturated heterocycles. The van der Waals surface area contributed by atoms with Crippen LogP contribution in [0.25, 0.3) is 17.0 Å². The van der Waals surface area contributed by atoms with E-state index >= 15 is 0 Å². The average Bonchev–Trinajstić information content (AvgIpc) is 3.31. The van der Waals surface area contributed by atoms with E-state index in [0.717, 1.165) is 11.4 Å². The number of thioether (sulfide) groups is 1. The smallest absolute Gasteiger partial charge is 0.266 e. The molecular weight excluding hydrogens is 434 g/mol. The van der Waals surface area contributed by atoms with E-state index in [2.05, 4.69) is 30.6 Å². The zero-order chi connectivity index (χ0) is 20.4. The van der Waals surface area contributed by atoms with Gasteiger partial charge in [-0.15, -0.1) is 10.2 Å². The van der Waals surface area contributed by atoms with Gasteiger partial charge in [-0.3, -0.25) is 20.0 Å². The number of aromatic nitrogens is 6. The van der Waals surface area contributed by atoms with E-state index in [1.807, 2.05) is 13.0 Å². The highest BCUT2D eigenvalue weighted by Crippen LogP contribution is 2.24. The van der Waals surface area contributed by atoms with Crippen LogP contribution >= 0.6 is 34.7 Å². The third-order valence-electron chi connectivity index (χ3n) is 3.76. The van der Waals surface area contributed by atoms with Crippen molar-refractivity contribution in [3.63, 3.8) is 0 Å². The number of hydrogen-bond donors (Lipinski definition) is 2. The Labute approximate surface area is 177 Å². The summed E-state index contributed by atoms with van der Waals surface area (Å²) >= 11 is 8.57. The maximum absolute atomic E-state index is 12.3. The monoisotopic (exact) mass is 447 g/mol. The van der Waals surface area contributed by atoms with Gasteiger partial charge in [0.1, 0.15) is 5.01 Å². The molecule has 1 aromatic carbocycles. The highest BCUT2D eigenvalue weighted by molar-refractivity contribution is 7.99. The van der Waals surface area contributed by atoms with Gasteiger partial charge in [0.05, 0.1) is 5.75 Å². The summed E-state index contributed by atoms with van der Waals surface area (Å²) in [6.45, 7) is 1.97. The molecule has 0 atom stereocenters. The zero-order valence-corrected chi connectivity index (χ0v) is 17.4. The predicted octanol–water partition coefficient (Wildman–Crippen LogP) is 2.88. The summed E-state index contributed by atoms with van der Waals surface area (Å²) in [5, 5.41) is 15.5. The first-order chi connectivity index (χ1) is 14.0. The van der Waals surface area contributed by atoms with E-state index in [-0.39, 0.29) is 17.2 Å². The van der Waals surface area contributed by atoms with Crippen LogP contribution in [0, 0.1) is 0 Å². The van der Waals surface area contributed by atoms with Crippen molar-refractivity contribution in [1.82, 2.24) is 29.8 Å². The number of nitrogens with one attached hydrogen (secondary N) is 2. The fraction of sp³-hybridized carbons (Fsp3) is 0.176. The van der Waals surface area contributed by atoms with Gasteiger partial charge in [0.25, 0.3) is 5.56 Å². The maximum Gasteiger partial charge on any atom is 0.266 e. The molecule has 3 heterocycles. The summed E-state index contributed by atoms with van der Waals surface area (Å²) in [6.07, 6.45) is 0.758. The molecule has 4 aromatic rings. The molecule has 0 aliphatic rings. The second-order valence-electron chi connectivity index (χ2n) is 5.85. The van der Waals surface area contributed by atoms with Crippen molar-refractivity contribution >= 4 is 51.4 Å². The first-order valence-corrected chi connectivity index (χ1v) is 10.7. The lowest BCUT2D eigenvalue weighted by Gasteiger charge is -2.07. The van der Waals surface area contributed by atoms with Crippen molar-refractivity contribution in [2.75, 3.05) is 11.1 Å². The number of H-pyrrole nitrogens is 1. The molecule has 1 amide bonds. The van der Waals surface area contributed by atoms with Gasteiger partial charge < -0.3 is 0 Å². The number of carbonyl (C=O) groups excluding carboxylic acids is 1. The highest BCUT2D eigenvalue weighted by Gasteiger charge is 2.14. The Morgan fingerprint density at radius 3 is 2.93 bits per heavy atom. The normalized spacial score (nSPS) is 11.1. The number of aryl methyl sites for hydroxylation is 1. The molecule has 0 spiro atoms. The largest absolute Gasteiger partial charge is 0.300 e. The maximum atomic E-state index is 12.3. The Kier molecular flexibility index (Phi) is 5.60. The number of carbonyl (C=O) groups is 1. The molecule has 2 N–H and O–H groups in total. The van der Waals surface area contributed by atoms with Gasteiger partial charge >= 0.3 is 0 Å². The van der Waals surface area contributed by atoms with Crippen molar-refractivity contribution in [2.24, 2.45) is 0 Å². The Morgan fingerprint density at radius 1 is 1.31 bits per heavy atom. The van der Waals surface area contributed by atoms with Gasteiger partial charge in [0, 0.05) is 16.7 Å².